The number of thioether (sulfide) groups is 1. The monoisotopic (exact) mass is 452 g/mol. The molecule has 156 valence electrons. The number of halogens is 2. The molecule has 7 heteroatoms. The highest BCUT2D eigenvalue weighted by molar-refractivity contribution is 7.99. The maximum atomic E-state index is 13.0. The zero-order valence-electron chi connectivity index (χ0n) is 16.8. The van der Waals surface area contributed by atoms with Gasteiger partial charge in [0.25, 0.3) is 0 Å². The quantitative estimate of drug-likeness (QED) is 0.570. The Morgan fingerprint density at radius 1 is 1.00 bits per heavy atom. The van der Waals surface area contributed by atoms with E-state index in [1.807, 2.05) is 56.3 Å². The molecule has 0 fully saturated rings. The molecule has 0 saturated carbocycles. The summed E-state index contributed by atoms with van der Waals surface area (Å²) in [6.45, 7) is 5.96. The predicted molar refractivity (Wildman–Crippen MR) is 122 cm³/mol. The van der Waals surface area contributed by atoms with Crippen LogP contribution in [-0.4, -0.2) is 34.6 Å². The molecule has 0 aromatic heterocycles. The maximum absolute atomic E-state index is 13.0. The van der Waals surface area contributed by atoms with Gasteiger partial charge in [0.05, 0.1) is 15.8 Å². The van der Waals surface area contributed by atoms with Gasteiger partial charge in [0.1, 0.15) is 6.04 Å². The van der Waals surface area contributed by atoms with Crippen molar-refractivity contribution in [1.82, 2.24) is 10.2 Å². The number of benzene rings is 2. The van der Waals surface area contributed by atoms with E-state index >= 15 is 0 Å². The summed E-state index contributed by atoms with van der Waals surface area (Å²) in [4.78, 5) is 27.1. The summed E-state index contributed by atoms with van der Waals surface area (Å²) in [6.07, 6.45) is 0. The summed E-state index contributed by atoms with van der Waals surface area (Å²) in [7, 11) is 0. The van der Waals surface area contributed by atoms with Crippen LogP contribution >= 0.6 is 35.0 Å². The molecular formula is C22H26Cl2N2O2S. The first-order chi connectivity index (χ1) is 13.8. The van der Waals surface area contributed by atoms with Gasteiger partial charge in [-0.15, -0.1) is 11.8 Å². The minimum atomic E-state index is -0.560. The number of amides is 2. The first-order valence-electron chi connectivity index (χ1n) is 9.43. The van der Waals surface area contributed by atoms with E-state index in [1.165, 1.54) is 11.8 Å². The maximum Gasteiger partial charge on any atom is 0.242 e. The van der Waals surface area contributed by atoms with Crippen LogP contribution in [0.2, 0.25) is 10.0 Å². The van der Waals surface area contributed by atoms with Gasteiger partial charge >= 0.3 is 0 Å². The Morgan fingerprint density at radius 2 is 1.69 bits per heavy atom. The van der Waals surface area contributed by atoms with Crippen LogP contribution in [0, 0.1) is 0 Å². The molecule has 4 nitrogen and oxygen atoms in total. The molecule has 0 spiro atoms. The first kappa shape index (κ1) is 23.6. The molecule has 0 heterocycles. The Bertz CT molecular complexity index is 831. The highest BCUT2D eigenvalue weighted by Gasteiger charge is 2.26. The molecule has 29 heavy (non-hydrogen) atoms. The third kappa shape index (κ3) is 7.57. The van der Waals surface area contributed by atoms with Crippen molar-refractivity contribution in [3.05, 3.63) is 69.7 Å². The highest BCUT2D eigenvalue weighted by atomic mass is 35.5. The molecule has 0 radical (unpaired) electrons. The van der Waals surface area contributed by atoms with Gasteiger partial charge in [-0.1, -0.05) is 59.6 Å². The standard InChI is InChI=1S/C22H26Cl2N2O2S/c1-15(2)25-22(28)16(3)26(12-17-7-5-4-6-8-17)21(27)14-29-13-18-9-10-19(23)20(24)11-18/h4-11,15-16H,12-14H2,1-3H3,(H,25,28). The summed E-state index contributed by atoms with van der Waals surface area (Å²) >= 11 is 13.5. The minimum absolute atomic E-state index is 0.0163. The second-order valence-corrected chi connectivity index (χ2v) is 8.89. The van der Waals surface area contributed by atoms with Crippen molar-refractivity contribution in [2.24, 2.45) is 0 Å². The Morgan fingerprint density at radius 3 is 2.31 bits per heavy atom. The van der Waals surface area contributed by atoms with Crippen LogP contribution < -0.4 is 5.32 Å². The van der Waals surface area contributed by atoms with Gasteiger partial charge in [-0.2, -0.15) is 0 Å². The van der Waals surface area contributed by atoms with Crippen molar-refractivity contribution in [1.29, 1.82) is 0 Å². The molecule has 0 aliphatic carbocycles. The van der Waals surface area contributed by atoms with Crippen LogP contribution in [0.15, 0.2) is 48.5 Å². The summed E-state index contributed by atoms with van der Waals surface area (Å²) in [5.74, 6) is 0.671. The van der Waals surface area contributed by atoms with E-state index in [0.29, 0.717) is 22.3 Å². The van der Waals surface area contributed by atoms with Crippen LogP contribution in [0.1, 0.15) is 31.9 Å². The molecule has 2 aromatic rings. The SMILES string of the molecule is CC(C)NC(=O)C(C)N(Cc1ccccc1)C(=O)CSCc1ccc(Cl)c(Cl)c1. The molecule has 0 bridgehead atoms. The summed E-state index contributed by atoms with van der Waals surface area (Å²) in [5.41, 5.74) is 1.98. The lowest BCUT2D eigenvalue weighted by molar-refractivity contribution is -0.138. The normalized spacial score (nSPS) is 11.9. The fourth-order valence-electron chi connectivity index (χ4n) is 2.74. The lowest BCUT2D eigenvalue weighted by Gasteiger charge is -2.29. The molecule has 2 amide bonds. The lowest BCUT2D eigenvalue weighted by atomic mass is 10.1. The van der Waals surface area contributed by atoms with Crippen molar-refractivity contribution in [2.45, 2.75) is 45.2 Å². The van der Waals surface area contributed by atoms with Crippen LogP contribution in [0.25, 0.3) is 0 Å². The van der Waals surface area contributed by atoms with Crippen LogP contribution in [0.5, 0.6) is 0 Å². The smallest absolute Gasteiger partial charge is 0.242 e. The molecule has 1 atom stereocenters. The molecule has 2 aromatic carbocycles. The van der Waals surface area contributed by atoms with Crippen molar-refractivity contribution >= 4 is 46.8 Å². The van der Waals surface area contributed by atoms with Crippen molar-refractivity contribution in [2.75, 3.05) is 5.75 Å². The Labute approximate surface area is 187 Å². The highest BCUT2D eigenvalue weighted by Crippen LogP contribution is 2.25. The van der Waals surface area contributed by atoms with Crippen LogP contribution in [0.3, 0.4) is 0 Å². The average molecular weight is 453 g/mol. The third-order valence-corrected chi connectivity index (χ3v) is 6.00. The number of nitrogens with one attached hydrogen (secondary N) is 1. The van der Waals surface area contributed by atoms with Gasteiger partial charge in [-0.3, -0.25) is 9.59 Å². The van der Waals surface area contributed by atoms with Crippen molar-refractivity contribution < 1.29 is 9.59 Å². The summed E-state index contributed by atoms with van der Waals surface area (Å²) in [5, 5.41) is 3.90. The number of hydrogen-bond donors (Lipinski definition) is 1. The summed E-state index contributed by atoms with van der Waals surface area (Å²) in [6, 6.07) is 14.6. The van der Waals surface area contributed by atoms with Crippen LogP contribution in [-0.2, 0) is 21.9 Å². The van der Waals surface area contributed by atoms with E-state index in [9.17, 15) is 9.59 Å². The largest absolute Gasteiger partial charge is 0.352 e. The fourth-order valence-corrected chi connectivity index (χ4v) is 3.91. The first-order valence-corrected chi connectivity index (χ1v) is 11.3. The Kier molecular flexibility index (Phi) is 9.34. The van der Waals surface area contributed by atoms with E-state index in [2.05, 4.69) is 5.32 Å². The minimum Gasteiger partial charge on any atom is -0.352 e. The van der Waals surface area contributed by atoms with Crippen LogP contribution in [0.4, 0.5) is 0 Å². The number of carbonyl (C=O) groups is 2. The van der Waals surface area contributed by atoms with Crippen molar-refractivity contribution in [3.63, 3.8) is 0 Å². The van der Waals surface area contributed by atoms with Gasteiger partial charge in [0.15, 0.2) is 0 Å². The molecule has 0 aliphatic heterocycles. The molecule has 0 aliphatic rings. The van der Waals surface area contributed by atoms with Gasteiger partial charge in [0.2, 0.25) is 11.8 Å². The van der Waals surface area contributed by atoms with Crippen molar-refractivity contribution in [3.8, 4) is 0 Å². The number of rotatable bonds is 9. The molecular weight excluding hydrogens is 427 g/mol. The Hall–Kier alpha value is -1.69. The second-order valence-electron chi connectivity index (χ2n) is 7.09. The molecule has 2 rings (SSSR count). The zero-order valence-corrected chi connectivity index (χ0v) is 19.2. The van der Waals surface area contributed by atoms with E-state index in [1.54, 1.807) is 17.9 Å². The lowest BCUT2D eigenvalue weighted by Crippen LogP contribution is -2.49. The predicted octanol–water partition coefficient (Wildman–Crippen LogP) is 5.17. The van der Waals surface area contributed by atoms with E-state index in [-0.39, 0.29) is 23.6 Å². The van der Waals surface area contributed by atoms with E-state index < -0.39 is 6.04 Å². The number of carbonyl (C=O) groups excluding carboxylic acids is 2. The molecule has 1 unspecified atom stereocenters. The third-order valence-electron chi connectivity index (χ3n) is 4.27. The molecule has 0 saturated heterocycles. The second kappa shape index (κ2) is 11.5. The zero-order chi connectivity index (χ0) is 21.4. The average Bonchev–Trinajstić information content (AvgIpc) is 2.68. The number of nitrogens with zero attached hydrogens (tertiary/aromatic N) is 1. The van der Waals surface area contributed by atoms with Gasteiger partial charge in [-0.05, 0) is 44.0 Å². The topological polar surface area (TPSA) is 49.4 Å². The molecule has 1 N–H and O–H groups in total. The van der Waals surface area contributed by atoms with E-state index in [4.69, 9.17) is 23.2 Å². The fraction of sp³-hybridized carbons (Fsp3) is 0.364. The van der Waals surface area contributed by atoms with Gasteiger partial charge in [-0.25, -0.2) is 0 Å². The summed E-state index contributed by atoms with van der Waals surface area (Å²) < 4.78 is 0. The van der Waals surface area contributed by atoms with Gasteiger partial charge < -0.3 is 10.2 Å². The van der Waals surface area contributed by atoms with E-state index in [0.717, 1.165) is 11.1 Å². The van der Waals surface area contributed by atoms with Gasteiger partial charge in [0, 0.05) is 18.3 Å². The Balaban J connectivity index is 2.04. The number of hydrogen-bond acceptors (Lipinski definition) is 3.